The summed E-state index contributed by atoms with van der Waals surface area (Å²) < 4.78 is 0. The molecule has 1 amide bonds. The highest BCUT2D eigenvalue weighted by Crippen LogP contribution is 2.26. The van der Waals surface area contributed by atoms with E-state index in [1.165, 1.54) is 11.1 Å². The van der Waals surface area contributed by atoms with Crippen LogP contribution in [0, 0.1) is 0 Å². The van der Waals surface area contributed by atoms with Crippen LogP contribution in [-0.2, 0) is 22.4 Å². The zero-order valence-electron chi connectivity index (χ0n) is 15.4. The first-order valence-electron chi connectivity index (χ1n) is 9.41. The quantitative estimate of drug-likeness (QED) is 0.911. The van der Waals surface area contributed by atoms with Gasteiger partial charge in [-0.05, 0) is 49.4 Å². The number of hydrogen-bond acceptors (Lipinski definition) is 4. The largest absolute Gasteiger partial charge is 0.348 e. The minimum Gasteiger partial charge on any atom is -0.348 e. The summed E-state index contributed by atoms with van der Waals surface area (Å²) in [5, 5.41) is 9.29. The van der Waals surface area contributed by atoms with Gasteiger partial charge in [0.2, 0.25) is 0 Å². The maximum atomic E-state index is 12.8. The molecular weight excluding hydrogens is 338 g/mol. The van der Waals surface area contributed by atoms with Crippen LogP contribution in [0.1, 0.15) is 30.9 Å². The van der Waals surface area contributed by atoms with Crippen molar-refractivity contribution in [1.82, 2.24) is 5.32 Å². The number of benzene rings is 2. The van der Waals surface area contributed by atoms with Crippen LogP contribution >= 0.6 is 0 Å². The predicted molar refractivity (Wildman–Crippen MR) is 106 cm³/mol. The second-order valence-electron chi connectivity index (χ2n) is 7.24. The third kappa shape index (κ3) is 3.63. The van der Waals surface area contributed by atoms with Gasteiger partial charge in [0.1, 0.15) is 11.8 Å². The van der Waals surface area contributed by atoms with Crippen molar-refractivity contribution in [2.45, 2.75) is 44.7 Å². The summed E-state index contributed by atoms with van der Waals surface area (Å²) in [7, 11) is 0. The Kier molecular flexibility index (Phi) is 4.75. The number of hydrogen-bond donors (Lipinski definition) is 1. The number of carbonyl (C=O) groups is 2. The highest BCUT2D eigenvalue weighted by atomic mass is 16.2. The number of rotatable bonds is 4. The number of nitrogens with one attached hydrogen (secondary N) is 1. The average molecular weight is 361 g/mol. The molecule has 1 N–H and O–H groups in total. The van der Waals surface area contributed by atoms with Crippen LogP contribution in [0.2, 0.25) is 0 Å². The summed E-state index contributed by atoms with van der Waals surface area (Å²) in [6.45, 7) is 1.55. The van der Waals surface area contributed by atoms with Gasteiger partial charge in [-0.25, -0.2) is 0 Å². The Bertz CT molecular complexity index is 891. The molecule has 0 saturated carbocycles. The highest BCUT2D eigenvalue weighted by molar-refractivity contribution is 6.40. The van der Waals surface area contributed by atoms with E-state index in [4.69, 9.17) is 0 Å². The molecule has 138 valence electrons. The molecule has 0 saturated heterocycles. The lowest BCUT2D eigenvalue weighted by Gasteiger charge is -2.25. The van der Waals surface area contributed by atoms with Crippen molar-refractivity contribution in [3.8, 4) is 0 Å². The minimum atomic E-state index is -0.416. The zero-order chi connectivity index (χ0) is 18.8. The number of nitrogens with zero attached hydrogens (tertiary/aromatic N) is 2. The Balaban J connectivity index is 1.48. The van der Waals surface area contributed by atoms with Gasteiger partial charge in [0.05, 0.1) is 5.69 Å². The Labute approximate surface area is 159 Å². The van der Waals surface area contributed by atoms with E-state index in [1.54, 1.807) is 11.9 Å². The number of carbonyl (C=O) groups excluding carboxylic acids is 2. The van der Waals surface area contributed by atoms with Gasteiger partial charge in [-0.15, -0.1) is 0 Å². The summed E-state index contributed by atoms with van der Waals surface area (Å²) in [6.07, 6.45) is 3.08. The van der Waals surface area contributed by atoms with Crippen LogP contribution in [0.15, 0.2) is 59.7 Å². The first kappa shape index (κ1) is 17.5. The molecule has 5 nitrogen and oxygen atoms in total. The molecule has 27 heavy (non-hydrogen) atoms. The molecule has 0 radical (unpaired) electrons. The second-order valence-corrected chi connectivity index (χ2v) is 7.24. The van der Waals surface area contributed by atoms with E-state index >= 15 is 0 Å². The number of Topliss-reactive ketones (excluding diaryl/α,β-unsaturated/α-hetero) is 1. The number of anilines is 1. The molecule has 1 aliphatic carbocycles. The molecule has 2 aromatic carbocycles. The number of amides is 1. The van der Waals surface area contributed by atoms with Crippen molar-refractivity contribution in [3.63, 3.8) is 0 Å². The van der Waals surface area contributed by atoms with E-state index in [1.807, 2.05) is 36.4 Å². The minimum absolute atomic E-state index is 0.0111. The average Bonchev–Trinajstić information content (AvgIpc) is 3.15. The monoisotopic (exact) mass is 361 g/mol. The lowest BCUT2D eigenvalue weighted by Crippen LogP contribution is -2.42. The van der Waals surface area contributed by atoms with Gasteiger partial charge >= 0.3 is 0 Å². The summed E-state index contributed by atoms with van der Waals surface area (Å²) in [6, 6.07) is 17.6. The van der Waals surface area contributed by atoms with Gasteiger partial charge in [0.15, 0.2) is 5.78 Å². The molecule has 2 atom stereocenters. The van der Waals surface area contributed by atoms with E-state index in [9.17, 15) is 9.59 Å². The lowest BCUT2D eigenvalue weighted by atomic mass is 9.88. The summed E-state index contributed by atoms with van der Waals surface area (Å²) in [5.74, 6) is -0.152. The molecule has 2 aliphatic rings. The van der Waals surface area contributed by atoms with Gasteiger partial charge in [-0.1, -0.05) is 42.5 Å². The van der Waals surface area contributed by atoms with E-state index in [0.717, 1.165) is 24.9 Å². The summed E-state index contributed by atoms with van der Waals surface area (Å²) in [5.41, 5.74) is 3.92. The fourth-order valence-corrected chi connectivity index (χ4v) is 3.87. The smallest absolute Gasteiger partial charge is 0.267 e. The van der Waals surface area contributed by atoms with Gasteiger partial charge in [-0.2, -0.15) is 5.10 Å². The van der Waals surface area contributed by atoms with Gasteiger partial charge in [0, 0.05) is 12.5 Å². The fourth-order valence-electron chi connectivity index (χ4n) is 3.87. The van der Waals surface area contributed by atoms with E-state index in [-0.39, 0.29) is 17.7 Å². The van der Waals surface area contributed by atoms with Crippen molar-refractivity contribution in [2.24, 2.45) is 5.10 Å². The predicted octanol–water partition coefficient (Wildman–Crippen LogP) is 2.88. The van der Waals surface area contributed by atoms with Gasteiger partial charge in [0.25, 0.3) is 5.91 Å². The lowest BCUT2D eigenvalue weighted by molar-refractivity contribution is -0.118. The van der Waals surface area contributed by atoms with Crippen molar-refractivity contribution >= 4 is 23.1 Å². The molecule has 1 aliphatic heterocycles. The normalized spacial score (nSPS) is 21.4. The summed E-state index contributed by atoms with van der Waals surface area (Å²) in [4.78, 5) is 24.9. The van der Waals surface area contributed by atoms with Crippen LogP contribution in [0.25, 0.3) is 0 Å². The van der Waals surface area contributed by atoms with Crippen molar-refractivity contribution in [2.75, 3.05) is 5.01 Å². The van der Waals surface area contributed by atoms with Crippen molar-refractivity contribution in [3.05, 3.63) is 65.7 Å². The van der Waals surface area contributed by atoms with Gasteiger partial charge in [-0.3, -0.25) is 14.6 Å². The number of para-hydroxylation sites is 1. The molecular formula is C22H23N3O2. The molecule has 2 unspecified atom stereocenters. The Hall–Kier alpha value is -2.95. The molecule has 2 aromatic rings. The van der Waals surface area contributed by atoms with Crippen molar-refractivity contribution < 1.29 is 9.59 Å². The first-order valence-corrected chi connectivity index (χ1v) is 9.41. The second kappa shape index (κ2) is 7.35. The topological polar surface area (TPSA) is 61.8 Å². The number of aryl methyl sites for hydroxylation is 1. The van der Waals surface area contributed by atoms with Crippen LogP contribution in [0.5, 0.6) is 0 Å². The third-order valence-electron chi connectivity index (χ3n) is 5.34. The maximum Gasteiger partial charge on any atom is 0.267 e. The number of ketones is 1. The van der Waals surface area contributed by atoms with Gasteiger partial charge < -0.3 is 5.32 Å². The van der Waals surface area contributed by atoms with E-state index < -0.39 is 6.04 Å². The molecule has 0 fully saturated rings. The van der Waals surface area contributed by atoms with E-state index in [0.29, 0.717) is 12.1 Å². The van der Waals surface area contributed by atoms with Crippen LogP contribution < -0.4 is 10.3 Å². The third-order valence-corrected chi connectivity index (χ3v) is 5.34. The van der Waals surface area contributed by atoms with Crippen LogP contribution in [0.3, 0.4) is 0 Å². The Morgan fingerprint density at radius 2 is 1.70 bits per heavy atom. The Morgan fingerprint density at radius 1 is 1.00 bits per heavy atom. The molecule has 5 heteroatoms. The number of fused-ring (bicyclic) bond motifs is 1. The molecule has 0 bridgehead atoms. The molecule has 0 aromatic heterocycles. The van der Waals surface area contributed by atoms with Crippen molar-refractivity contribution in [1.29, 1.82) is 0 Å². The standard InChI is InChI=1S/C22H23N3O2/c1-15(26)21-14-20(24-25(21)19-9-3-2-4-10-19)22(27)23-18-12-11-16-7-5-6-8-17(16)13-18/h2-10,18,21H,11-14H2,1H3,(H,23,27). The number of hydrazone groups is 1. The summed E-state index contributed by atoms with van der Waals surface area (Å²) >= 11 is 0. The fraction of sp³-hybridized carbons (Fsp3) is 0.318. The zero-order valence-corrected chi connectivity index (χ0v) is 15.4. The maximum absolute atomic E-state index is 12.8. The SMILES string of the molecule is CC(=O)C1CC(C(=O)NC2CCc3ccccc3C2)=NN1c1ccccc1. The molecule has 4 rings (SSSR count). The molecule has 1 heterocycles. The van der Waals surface area contributed by atoms with E-state index in [2.05, 4.69) is 28.6 Å². The highest BCUT2D eigenvalue weighted by Gasteiger charge is 2.34. The van der Waals surface area contributed by atoms with Crippen LogP contribution in [0.4, 0.5) is 5.69 Å². The molecule has 0 spiro atoms. The van der Waals surface area contributed by atoms with Crippen LogP contribution in [-0.4, -0.2) is 29.5 Å². The Morgan fingerprint density at radius 3 is 2.44 bits per heavy atom. The first-order chi connectivity index (χ1) is 13.1.